The average molecular weight is 482 g/mol. The second-order valence-electron chi connectivity index (χ2n) is 9.76. The van der Waals surface area contributed by atoms with E-state index in [1.807, 2.05) is 13.8 Å². The highest BCUT2D eigenvalue weighted by molar-refractivity contribution is 5.94. The molecule has 1 aliphatic carbocycles. The molecule has 1 aliphatic heterocycles. The molecule has 1 aromatic heterocycles. The van der Waals surface area contributed by atoms with Crippen LogP contribution < -0.4 is 0 Å². The van der Waals surface area contributed by atoms with E-state index in [-0.39, 0.29) is 41.9 Å². The van der Waals surface area contributed by atoms with E-state index in [0.717, 1.165) is 42.4 Å². The standard InChI is InChI=1S/C27H35N3O5/c1-5-34-27(33)20-7-6-11-29(16-20)24(31)10-12-30(21-8-9-21)26(32)22-15-23(35-28-22)25-18(3)13-17(2)14-19(25)4/h13-15,20-21H,5-12,16H2,1-4H3/t20-/m0/s1. The zero-order chi connectivity index (χ0) is 25.1. The second-order valence-corrected chi connectivity index (χ2v) is 9.76. The molecule has 8 nitrogen and oxygen atoms in total. The summed E-state index contributed by atoms with van der Waals surface area (Å²) in [6.45, 7) is 9.57. The molecule has 2 aromatic rings. The Labute approximate surface area is 206 Å². The maximum absolute atomic E-state index is 13.3. The van der Waals surface area contributed by atoms with E-state index in [1.54, 1.807) is 22.8 Å². The van der Waals surface area contributed by atoms with Crippen LogP contribution in [0, 0.1) is 26.7 Å². The SMILES string of the molecule is CCOC(=O)[C@H]1CCCN(C(=O)CCN(C(=O)c2cc(-c3c(C)cc(C)cc3C)on2)C2CC2)C1. The number of ether oxygens (including phenoxy) is 1. The molecule has 2 amide bonds. The first-order valence-corrected chi connectivity index (χ1v) is 12.6. The fraction of sp³-hybridized carbons (Fsp3) is 0.556. The number of nitrogens with zero attached hydrogens (tertiary/aromatic N) is 3. The van der Waals surface area contributed by atoms with Crippen molar-refractivity contribution < 1.29 is 23.6 Å². The van der Waals surface area contributed by atoms with Crippen LogP contribution in [0.15, 0.2) is 22.7 Å². The van der Waals surface area contributed by atoms with Crippen molar-refractivity contribution in [2.45, 2.75) is 65.8 Å². The van der Waals surface area contributed by atoms with Gasteiger partial charge in [-0.3, -0.25) is 14.4 Å². The van der Waals surface area contributed by atoms with Crippen LogP contribution in [0.3, 0.4) is 0 Å². The molecular formula is C27H35N3O5. The van der Waals surface area contributed by atoms with Gasteiger partial charge in [0.2, 0.25) is 5.91 Å². The summed E-state index contributed by atoms with van der Waals surface area (Å²) in [5, 5.41) is 4.08. The normalized spacial score (nSPS) is 17.8. The van der Waals surface area contributed by atoms with Crippen LogP contribution in [0.2, 0.25) is 0 Å². The number of carbonyl (C=O) groups is 3. The van der Waals surface area contributed by atoms with Crippen LogP contribution >= 0.6 is 0 Å². The van der Waals surface area contributed by atoms with Crippen molar-refractivity contribution >= 4 is 17.8 Å². The molecule has 0 N–H and O–H groups in total. The molecule has 4 rings (SSSR count). The quantitative estimate of drug-likeness (QED) is 0.528. The lowest BCUT2D eigenvalue weighted by molar-refractivity contribution is -0.151. The minimum absolute atomic E-state index is 0.0378. The van der Waals surface area contributed by atoms with E-state index in [0.29, 0.717) is 32.0 Å². The third-order valence-electron chi connectivity index (χ3n) is 6.86. The number of aromatic nitrogens is 1. The van der Waals surface area contributed by atoms with Gasteiger partial charge in [-0.1, -0.05) is 22.9 Å². The summed E-state index contributed by atoms with van der Waals surface area (Å²) in [4.78, 5) is 41.8. The van der Waals surface area contributed by atoms with E-state index in [4.69, 9.17) is 9.26 Å². The highest BCUT2D eigenvalue weighted by Gasteiger charge is 2.36. The van der Waals surface area contributed by atoms with Crippen LogP contribution in [0.1, 0.15) is 66.2 Å². The maximum atomic E-state index is 13.3. The number of carbonyl (C=O) groups excluding carboxylic acids is 3. The number of hydrogen-bond acceptors (Lipinski definition) is 6. The molecule has 1 atom stereocenters. The molecule has 1 saturated heterocycles. The summed E-state index contributed by atoms with van der Waals surface area (Å²) in [7, 11) is 0. The van der Waals surface area contributed by atoms with Crippen molar-refractivity contribution in [1.29, 1.82) is 0 Å². The molecule has 0 spiro atoms. The Kier molecular flexibility index (Phi) is 7.57. The lowest BCUT2D eigenvalue weighted by Crippen LogP contribution is -2.44. The van der Waals surface area contributed by atoms with Gasteiger partial charge in [0, 0.05) is 43.7 Å². The van der Waals surface area contributed by atoms with Crippen molar-refractivity contribution in [2.75, 3.05) is 26.2 Å². The number of benzene rings is 1. The fourth-order valence-electron chi connectivity index (χ4n) is 5.08. The molecule has 1 saturated carbocycles. The first-order chi connectivity index (χ1) is 16.8. The van der Waals surface area contributed by atoms with Crippen LogP contribution in [0.5, 0.6) is 0 Å². The molecule has 2 aliphatic rings. The first kappa shape index (κ1) is 24.9. The minimum Gasteiger partial charge on any atom is -0.466 e. The van der Waals surface area contributed by atoms with E-state index >= 15 is 0 Å². The third kappa shape index (κ3) is 5.74. The highest BCUT2D eigenvalue weighted by Crippen LogP contribution is 2.32. The van der Waals surface area contributed by atoms with Crippen LogP contribution in [0.4, 0.5) is 0 Å². The third-order valence-corrected chi connectivity index (χ3v) is 6.86. The van der Waals surface area contributed by atoms with Gasteiger partial charge in [-0.15, -0.1) is 0 Å². The second kappa shape index (κ2) is 10.6. The number of piperidine rings is 1. The number of aryl methyl sites for hydroxylation is 3. The molecule has 1 aromatic carbocycles. The smallest absolute Gasteiger partial charge is 0.310 e. The van der Waals surface area contributed by atoms with Gasteiger partial charge in [-0.05, 0) is 64.5 Å². The fourth-order valence-corrected chi connectivity index (χ4v) is 5.08. The Bertz CT molecular complexity index is 1080. The van der Waals surface area contributed by atoms with Crippen molar-refractivity contribution in [2.24, 2.45) is 5.92 Å². The van der Waals surface area contributed by atoms with Crippen molar-refractivity contribution in [3.8, 4) is 11.3 Å². The monoisotopic (exact) mass is 481 g/mol. The summed E-state index contributed by atoms with van der Waals surface area (Å²) >= 11 is 0. The molecule has 2 fully saturated rings. The molecule has 35 heavy (non-hydrogen) atoms. The van der Waals surface area contributed by atoms with Gasteiger partial charge in [0.15, 0.2) is 11.5 Å². The summed E-state index contributed by atoms with van der Waals surface area (Å²) in [5.41, 5.74) is 4.54. The molecule has 0 unspecified atom stereocenters. The molecular weight excluding hydrogens is 446 g/mol. The molecule has 2 heterocycles. The van der Waals surface area contributed by atoms with Crippen molar-refractivity contribution in [1.82, 2.24) is 15.0 Å². The van der Waals surface area contributed by atoms with Gasteiger partial charge in [0.05, 0.1) is 12.5 Å². The van der Waals surface area contributed by atoms with Crippen molar-refractivity contribution in [3.05, 3.63) is 40.6 Å². The van der Waals surface area contributed by atoms with Crippen LogP contribution in [-0.4, -0.2) is 65.0 Å². The van der Waals surface area contributed by atoms with Crippen molar-refractivity contribution in [3.63, 3.8) is 0 Å². The van der Waals surface area contributed by atoms with Gasteiger partial charge >= 0.3 is 5.97 Å². The van der Waals surface area contributed by atoms with E-state index in [2.05, 4.69) is 24.2 Å². The lowest BCUT2D eigenvalue weighted by Gasteiger charge is -2.32. The minimum atomic E-state index is -0.268. The summed E-state index contributed by atoms with van der Waals surface area (Å²) in [6.07, 6.45) is 3.59. The first-order valence-electron chi connectivity index (χ1n) is 12.6. The summed E-state index contributed by atoms with van der Waals surface area (Å²) < 4.78 is 10.7. The van der Waals surface area contributed by atoms with Gasteiger partial charge in [0.1, 0.15) is 0 Å². The van der Waals surface area contributed by atoms with Gasteiger partial charge in [0.25, 0.3) is 5.91 Å². The Hall–Kier alpha value is -3.16. The Morgan fingerprint density at radius 1 is 1.11 bits per heavy atom. The number of rotatable bonds is 8. The number of likely N-dealkylation sites (tertiary alicyclic amines) is 1. The summed E-state index contributed by atoms with van der Waals surface area (Å²) in [5.74, 6) is -0.171. The van der Waals surface area contributed by atoms with Gasteiger partial charge < -0.3 is 19.1 Å². The van der Waals surface area contributed by atoms with Crippen LogP contribution in [-0.2, 0) is 14.3 Å². The summed E-state index contributed by atoms with van der Waals surface area (Å²) in [6, 6.07) is 6.01. The molecule has 188 valence electrons. The lowest BCUT2D eigenvalue weighted by atomic mass is 9.98. The highest BCUT2D eigenvalue weighted by atomic mass is 16.5. The largest absolute Gasteiger partial charge is 0.466 e. The predicted octanol–water partition coefficient (Wildman–Crippen LogP) is 4.06. The van der Waals surface area contributed by atoms with Gasteiger partial charge in [-0.2, -0.15) is 0 Å². The predicted molar refractivity (Wildman–Crippen MR) is 131 cm³/mol. The Morgan fingerprint density at radius 2 is 1.83 bits per heavy atom. The average Bonchev–Trinajstić information content (AvgIpc) is 3.55. The molecule has 0 bridgehead atoms. The zero-order valence-corrected chi connectivity index (χ0v) is 21.1. The zero-order valence-electron chi connectivity index (χ0n) is 21.1. The maximum Gasteiger partial charge on any atom is 0.310 e. The van der Waals surface area contributed by atoms with Crippen LogP contribution in [0.25, 0.3) is 11.3 Å². The topological polar surface area (TPSA) is 93.0 Å². The van der Waals surface area contributed by atoms with E-state index in [1.165, 1.54) is 5.56 Å². The Morgan fingerprint density at radius 3 is 2.49 bits per heavy atom. The van der Waals surface area contributed by atoms with Gasteiger partial charge in [-0.25, -0.2) is 0 Å². The van der Waals surface area contributed by atoms with E-state index < -0.39 is 0 Å². The Balaban J connectivity index is 1.41. The number of amides is 2. The molecule has 8 heteroatoms. The number of esters is 1. The molecule has 0 radical (unpaired) electrons. The number of hydrogen-bond donors (Lipinski definition) is 0. The van der Waals surface area contributed by atoms with E-state index in [9.17, 15) is 14.4 Å².